The highest BCUT2D eigenvalue weighted by molar-refractivity contribution is 6.18. The fourth-order valence-electron chi connectivity index (χ4n) is 0.513. The largest absolute Gasteiger partial charge is 0.381 e. The zero-order valence-corrected chi connectivity index (χ0v) is 7.19. The molecule has 0 N–H and O–H groups in total. The minimum Gasteiger partial charge on any atom is -0.381 e. The van der Waals surface area contributed by atoms with Crippen LogP contribution in [0.2, 0.25) is 0 Å². The van der Waals surface area contributed by atoms with Crippen LogP contribution < -0.4 is 0 Å². The van der Waals surface area contributed by atoms with Gasteiger partial charge in [0.05, 0.1) is 6.61 Å². The Morgan fingerprint density at radius 3 is 2.80 bits per heavy atom. The molecule has 0 fully saturated rings. The maximum absolute atomic E-state index is 5.43. The van der Waals surface area contributed by atoms with Crippen molar-refractivity contribution < 1.29 is 4.74 Å². The summed E-state index contributed by atoms with van der Waals surface area (Å²) in [6, 6.07) is 0. The third-order valence-corrected chi connectivity index (χ3v) is 1.22. The molecule has 58 valence electrons. The van der Waals surface area contributed by atoms with Crippen LogP contribution in [0.5, 0.6) is 0 Å². The average Bonchev–Trinajstić information content (AvgIpc) is 1.97. The van der Waals surface area contributed by atoms with Crippen LogP contribution in [0.3, 0.4) is 0 Å². The van der Waals surface area contributed by atoms with Crippen molar-refractivity contribution in [1.82, 2.24) is 0 Å². The Bertz CT molecular complexity index is 127. The fraction of sp³-hybridized carbons (Fsp3) is 0.500. The molecule has 0 spiro atoms. The molecule has 0 bridgehead atoms. The van der Waals surface area contributed by atoms with Crippen LogP contribution in [0.4, 0.5) is 0 Å². The smallest absolute Gasteiger partial charge is 0.0649 e. The minimum atomic E-state index is 0.568. The molecule has 0 aromatic heterocycles. The summed E-state index contributed by atoms with van der Waals surface area (Å²) in [6.45, 7) is 2.68. The van der Waals surface area contributed by atoms with Crippen LogP contribution in [-0.2, 0) is 4.74 Å². The summed E-state index contributed by atoms with van der Waals surface area (Å²) in [7, 11) is 1.68. The number of ether oxygens (including phenoxy) is 1. The van der Waals surface area contributed by atoms with Crippen LogP contribution in [0.15, 0.2) is 23.8 Å². The molecule has 0 saturated heterocycles. The zero-order valence-electron chi connectivity index (χ0n) is 6.43. The standard InChI is InChI=1S/C8H13ClO/c1-8(4-3-6-9)5-7-10-2/h3-5H,6-7H2,1-2H3/b4-3+,8-5+. The highest BCUT2D eigenvalue weighted by atomic mass is 35.5. The molecular formula is C8H13ClO. The number of hydrogen-bond acceptors (Lipinski definition) is 1. The third kappa shape index (κ3) is 5.86. The predicted octanol–water partition coefficient (Wildman–Crippen LogP) is 2.37. The molecule has 2 heteroatoms. The molecule has 0 saturated carbocycles. The van der Waals surface area contributed by atoms with Gasteiger partial charge in [0.1, 0.15) is 0 Å². The van der Waals surface area contributed by atoms with Crippen LogP contribution in [0.25, 0.3) is 0 Å². The van der Waals surface area contributed by atoms with Crippen LogP contribution >= 0.6 is 11.6 Å². The lowest BCUT2D eigenvalue weighted by Gasteiger charge is -1.91. The number of halogens is 1. The molecule has 0 aliphatic heterocycles. The Hall–Kier alpha value is -0.270. The van der Waals surface area contributed by atoms with Gasteiger partial charge < -0.3 is 4.74 Å². The van der Waals surface area contributed by atoms with Crippen molar-refractivity contribution in [3.8, 4) is 0 Å². The van der Waals surface area contributed by atoms with E-state index in [4.69, 9.17) is 16.3 Å². The van der Waals surface area contributed by atoms with Gasteiger partial charge in [0, 0.05) is 13.0 Å². The minimum absolute atomic E-state index is 0.568. The predicted molar refractivity (Wildman–Crippen MR) is 45.5 cm³/mol. The van der Waals surface area contributed by atoms with E-state index in [0.717, 1.165) is 0 Å². The van der Waals surface area contributed by atoms with Crippen molar-refractivity contribution in [3.63, 3.8) is 0 Å². The summed E-state index contributed by atoms with van der Waals surface area (Å²) in [4.78, 5) is 0. The van der Waals surface area contributed by atoms with Gasteiger partial charge in [-0.25, -0.2) is 0 Å². The lowest BCUT2D eigenvalue weighted by Crippen LogP contribution is -1.82. The second kappa shape index (κ2) is 6.84. The van der Waals surface area contributed by atoms with Crippen molar-refractivity contribution in [1.29, 1.82) is 0 Å². The molecule has 0 unspecified atom stereocenters. The Kier molecular flexibility index (Phi) is 6.66. The van der Waals surface area contributed by atoms with E-state index < -0.39 is 0 Å². The quantitative estimate of drug-likeness (QED) is 0.453. The van der Waals surface area contributed by atoms with E-state index in [0.29, 0.717) is 12.5 Å². The lowest BCUT2D eigenvalue weighted by atomic mass is 10.3. The summed E-state index contributed by atoms with van der Waals surface area (Å²) in [6.07, 6.45) is 5.89. The highest BCUT2D eigenvalue weighted by Gasteiger charge is 1.79. The Labute approximate surface area is 67.3 Å². The van der Waals surface area contributed by atoms with Crippen LogP contribution in [0.1, 0.15) is 6.92 Å². The van der Waals surface area contributed by atoms with Gasteiger partial charge in [-0.3, -0.25) is 0 Å². The van der Waals surface area contributed by atoms with E-state index >= 15 is 0 Å². The first-order valence-electron chi connectivity index (χ1n) is 3.19. The SMILES string of the molecule is COC/C=C(C)/C=C/CCl. The summed E-state index contributed by atoms with van der Waals surface area (Å²) in [5, 5.41) is 0. The van der Waals surface area contributed by atoms with Crippen molar-refractivity contribution in [2.75, 3.05) is 19.6 Å². The Balaban J connectivity index is 3.59. The summed E-state index contributed by atoms with van der Waals surface area (Å²) in [5.74, 6) is 0.568. The van der Waals surface area contributed by atoms with Crippen molar-refractivity contribution >= 4 is 11.6 Å². The molecule has 0 atom stereocenters. The highest BCUT2D eigenvalue weighted by Crippen LogP contribution is 1.94. The maximum Gasteiger partial charge on any atom is 0.0649 e. The second-order valence-corrected chi connectivity index (χ2v) is 2.27. The summed E-state index contributed by atoms with van der Waals surface area (Å²) < 4.78 is 4.85. The first kappa shape index (κ1) is 9.73. The van der Waals surface area contributed by atoms with Crippen LogP contribution in [0, 0.1) is 0 Å². The van der Waals surface area contributed by atoms with Gasteiger partial charge >= 0.3 is 0 Å². The number of allylic oxidation sites excluding steroid dienone is 3. The Morgan fingerprint density at radius 2 is 2.30 bits per heavy atom. The van der Waals surface area contributed by atoms with Gasteiger partial charge in [-0.15, -0.1) is 11.6 Å². The monoisotopic (exact) mass is 160 g/mol. The molecular weight excluding hydrogens is 148 g/mol. The second-order valence-electron chi connectivity index (χ2n) is 1.96. The molecule has 0 rings (SSSR count). The van der Waals surface area contributed by atoms with Crippen molar-refractivity contribution in [2.24, 2.45) is 0 Å². The van der Waals surface area contributed by atoms with Crippen molar-refractivity contribution in [3.05, 3.63) is 23.8 Å². The molecule has 0 aliphatic rings. The molecule has 1 nitrogen and oxygen atoms in total. The van der Waals surface area contributed by atoms with E-state index in [2.05, 4.69) is 0 Å². The van der Waals surface area contributed by atoms with Gasteiger partial charge in [-0.2, -0.15) is 0 Å². The first-order chi connectivity index (χ1) is 4.81. The Morgan fingerprint density at radius 1 is 1.60 bits per heavy atom. The van der Waals surface area contributed by atoms with E-state index in [-0.39, 0.29) is 0 Å². The average molecular weight is 161 g/mol. The zero-order chi connectivity index (χ0) is 7.82. The lowest BCUT2D eigenvalue weighted by molar-refractivity contribution is 0.233. The normalized spacial score (nSPS) is 12.9. The molecule has 0 radical (unpaired) electrons. The third-order valence-electron chi connectivity index (χ3n) is 1.04. The maximum atomic E-state index is 5.43. The van der Waals surface area contributed by atoms with Crippen molar-refractivity contribution in [2.45, 2.75) is 6.92 Å². The summed E-state index contributed by atoms with van der Waals surface area (Å²) in [5.41, 5.74) is 1.18. The van der Waals surface area contributed by atoms with Gasteiger partial charge in [0.15, 0.2) is 0 Å². The number of alkyl halides is 1. The first-order valence-corrected chi connectivity index (χ1v) is 3.73. The van der Waals surface area contributed by atoms with E-state index in [1.54, 1.807) is 7.11 Å². The molecule has 0 aromatic rings. The molecule has 0 aromatic carbocycles. The molecule has 0 heterocycles. The molecule has 10 heavy (non-hydrogen) atoms. The fourth-order valence-corrected chi connectivity index (χ4v) is 0.602. The van der Waals surface area contributed by atoms with E-state index in [1.807, 2.05) is 25.2 Å². The van der Waals surface area contributed by atoms with E-state index in [1.165, 1.54) is 5.57 Å². The number of methoxy groups -OCH3 is 1. The number of hydrogen-bond donors (Lipinski definition) is 0. The van der Waals surface area contributed by atoms with Crippen LogP contribution in [-0.4, -0.2) is 19.6 Å². The van der Waals surface area contributed by atoms with Gasteiger partial charge in [-0.1, -0.05) is 23.8 Å². The summed E-state index contributed by atoms with van der Waals surface area (Å²) >= 11 is 5.43. The molecule has 0 amide bonds. The topological polar surface area (TPSA) is 9.23 Å². The van der Waals surface area contributed by atoms with Gasteiger partial charge in [-0.05, 0) is 6.92 Å². The number of rotatable bonds is 4. The molecule has 0 aliphatic carbocycles. The van der Waals surface area contributed by atoms with Gasteiger partial charge in [0.25, 0.3) is 0 Å². The van der Waals surface area contributed by atoms with E-state index in [9.17, 15) is 0 Å². The van der Waals surface area contributed by atoms with Gasteiger partial charge in [0.2, 0.25) is 0 Å².